The van der Waals surface area contributed by atoms with Gasteiger partial charge < -0.3 is 14.8 Å². The van der Waals surface area contributed by atoms with E-state index in [0.717, 1.165) is 16.7 Å². The Kier molecular flexibility index (Phi) is 8.22. The molecule has 0 heterocycles. The Hall–Kier alpha value is -3.08. The topological polar surface area (TPSA) is 64.6 Å². The second-order valence-electron chi connectivity index (χ2n) is 8.14. The van der Waals surface area contributed by atoms with E-state index in [1.54, 1.807) is 27.7 Å². The first kappa shape index (κ1) is 23.2. The van der Waals surface area contributed by atoms with Crippen molar-refractivity contribution in [1.82, 2.24) is 5.32 Å². The average Bonchev–Trinajstić information content (AvgIpc) is 2.68. The van der Waals surface area contributed by atoms with Crippen molar-refractivity contribution in [3.63, 3.8) is 0 Å². The van der Waals surface area contributed by atoms with E-state index in [2.05, 4.69) is 36.2 Å². The molecule has 1 atom stereocenters. The first-order valence-electron chi connectivity index (χ1n) is 10.2. The molecule has 0 spiro atoms. The molecule has 1 amide bonds. The highest BCUT2D eigenvalue weighted by atomic mass is 16.6. The number of rotatable bonds is 8. The van der Waals surface area contributed by atoms with Crippen LogP contribution in [0.3, 0.4) is 0 Å². The smallest absolute Gasteiger partial charge is 0.407 e. The average molecular weight is 410 g/mol. The summed E-state index contributed by atoms with van der Waals surface area (Å²) < 4.78 is 10.4. The summed E-state index contributed by atoms with van der Waals surface area (Å²) in [6.07, 6.45) is 0.288. The molecular formula is C25H31NO4. The van der Waals surface area contributed by atoms with Gasteiger partial charge in [-0.05, 0) is 57.2 Å². The van der Waals surface area contributed by atoms with Crippen molar-refractivity contribution in [3.05, 3.63) is 72.3 Å². The monoisotopic (exact) mass is 409 g/mol. The lowest BCUT2D eigenvalue weighted by molar-refractivity contribution is -0.138. The molecule has 1 unspecified atom stereocenters. The number of carbonyl (C=O) groups excluding carboxylic acids is 2. The molecule has 5 heteroatoms. The molecule has 1 N–H and O–H groups in total. The van der Waals surface area contributed by atoms with Crippen LogP contribution < -0.4 is 5.32 Å². The molecule has 0 bridgehead atoms. The summed E-state index contributed by atoms with van der Waals surface area (Å²) >= 11 is 0. The largest absolute Gasteiger partial charge is 0.463 e. The second kappa shape index (κ2) is 10.6. The summed E-state index contributed by atoms with van der Waals surface area (Å²) in [5.41, 5.74) is 3.01. The molecule has 0 fully saturated rings. The molecule has 2 rings (SSSR count). The third kappa shape index (κ3) is 7.74. The molecule has 0 radical (unpaired) electrons. The van der Waals surface area contributed by atoms with Gasteiger partial charge in [-0.25, -0.2) is 9.59 Å². The number of nitrogens with one attached hydrogen (secondary N) is 1. The van der Waals surface area contributed by atoms with E-state index in [9.17, 15) is 9.59 Å². The zero-order valence-electron chi connectivity index (χ0n) is 18.2. The van der Waals surface area contributed by atoms with Gasteiger partial charge in [-0.15, -0.1) is 0 Å². The number of hydrogen-bond donors (Lipinski definition) is 1. The van der Waals surface area contributed by atoms with Crippen LogP contribution in [-0.2, 0) is 20.7 Å². The van der Waals surface area contributed by atoms with Crippen molar-refractivity contribution >= 4 is 12.1 Å². The number of esters is 1. The standard InChI is InChI=1S/C25H31NO4/c1-6-29-23(27)18(2)16-22(26-24(28)30-25(3,4)5)17-19-12-14-21(15-13-19)20-10-8-7-9-11-20/h7-15,22H,2,6,16-17H2,1,3-5H3,(H,26,28). The Morgan fingerprint density at radius 1 is 1.00 bits per heavy atom. The van der Waals surface area contributed by atoms with Gasteiger partial charge in [0.2, 0.25) is 0 Å². The highest BCUT2D eigenvalue weighted by Gasteiger charge is 2.22. The molecule has 0 saturated carbocycles. The van der Waals surface area contributed by atoms with Crippen LogP contribution in [-0.4, -0.2) is 30.3 Å². The molecular weight excluding hydrogens is 378 g/mol. The van der Waals surface area contributed by atoms with E-state index in [0.29, 0.717) is 12.0 Å². The molecule has 0 saturated heterocycles. The van der Waals surface area contributed by atoms with Crippen molar-refractivity contribution in [2.75, 3.05) is 6.61 Å². The molecule has 0 aliphatic rings. The van der Waals surface area contributed by atoms with Crippen LogP contribution in [0, 0.1) is 0 Å². The van der Waals surface area contributed by atoms with Crippen LogP contribution in [0.1, 0.15) is 39.7 Å². The van der Waals surface area contributed by atoms with Gasteiger partial charge in [0.1, 0.15) is 5.60 Å². The molecule has 30 heavy (non-hydrogen) atoms. The number of ether oxygens (including phenoxy) is 2. The molecule has 2 aromatic rings. The predicted molar refractivity (Wildman–Crippen MR) is 119 cm³/mol. The Morgan fingerprint density at radius 2 is 1.60 bits per heavy atom. The SMILES string of the molecule is C=C(CC(Cc1ccc(-c2ccccc2)cc1)NC(=O)OC(C)(C)C)C(=O)OCC. The Labute approximate surface area is 179 Å². The van der Waals surface area contributed by atoms with Crippen LogP contribution in [0.25, 0.3) is 11.1 Å². The van der Waals surface area contributed by atoms with E-state index < -0.39 is 17.7 Å². The number of hydrogen-bond acceptors (Lipinski definition) is 4. The van der Waals surface area contributed by atoms with Gasteiger partial charge in [0.15, 0.2) is 0 Å². The van der Waals surface area contributed by atoms with E-state index in [1.165, 1.54) is 0 Å². The Morgan fingerprint density at radius 3 is 2.17 bits per heavy atom. The van der Waals surface area contributed by atoms with Gasteiger partial charge in [0.25, 0.3) is 0 Å². The zero-order chi connectivity index (χ0) is 22.1. The van der Waals surface area contributed by atoms with Gasteiger partial charge >= 0.3 is 12.1 Å². The van der Waals surface area contributed by atoms with E-state index in [-0.39, 0.29) is 19.1 Å². The minimum atomic E-state index is -0.607. The first-order chi connectivity index (χ1) is 14.2. The van der Waals surface area contributed by atoms with E-state index in [1.807, 2.05) is 30.3 Å². The van der Waals surface area contributed by atoms with Crippen molar-refractivity contribution in [3.8, 4) is 11.1 Å². The Balaban J connectivity index is 2.11. The fourth-order valence-corrected chi connectivity index (χ4v) is 3.01. The lowest BCUT2D eigenvalue weighted by Crippen LogP contribution is -2.40. The molecule has 0 aromatic heterocycles. The van der Waals surface area contributed by atoms with Gasteiger partial charge in [-0.2, -0.15) is 0 Å². The minimum Gasteiger partial charge on any atom is -0.463 e. The van der Waals surface area contributed by atoms with Crippen LogP contribution in [0.5, 0.6) is 0 Å². The second-order valence-corrected chi connectivity index (χ2v) is 8.14. The van der Waals surface area contributed by atoms with Crippen LogP contribution >= 0.6 is 0 Å². The fourth-order valence-electron chi connectivity index (χ4n) is 3.01. The molecule has 2 aromatic carbocycles. The van der Waals surface area contributed by atoms with E-state index >= 15 is 0 Å². The number of carbonyl (C=O) groups is 2. The van der Waals surface area contributed by atoms with Crippen molar-refractivity contribution < 1.29 is 19.1 Å². The van der Waals surface area contributed by atoms with Crippen LogP contribution in [0.2, 0.25) is 0 Å². The van der Waals surface area contributed by atoms with Crippen molar-refractivity contribution in [2.45, 2.75) is 52.2 Å². The van der Waals surface area contributed by atoms with Gasteiger partial charge in [-0.3, -0.25) is 0 Å². The predicted octanol–water partition coefficient (Wildman–Crippen LogP) is 5.30. The lowest BCUT2D eigenvalue weighted by atomic mass is 9.97. The van der Waals surface area contributed by atoms with Crippen molar-refractivity contribution in [1.29, 1.82) is 0 Å². The summed E-state index contributed by atoms with van der Waals surface area (Å²) in [5, 5.41) is 2.87. The quantitative estimate of drug-likeness (QED) is 0.475. The maximum atomic E-state index is 12.3. The van der Waals surface area contributed by atoms with Gasteiger partial charge in [0.05, 0.1) is 6.61 Å². The fraction of sp³-hybridized carbons (Fsp3) is 0.360. The van der Waals surface area contributed by atoms with Crippen LogP contribution in [0.15, 0.2) is 66.7 Å². The maximum absolute atomic E-state index is 12.3. The molecule has 0 aliphatic heterocycles. The van der Waals surface area contributed by atoms with Gasteiger partial charge in [0, 0.05) is 11.6 Å². The third-order valence-electron chi connectivity index (χ3n) is 4.32. The summed E-state index contributed by atoms with van der Waals surface area (Å²) in [6, 6.07) is 17.9. The summed E-state index contributed by atoms with van der Waals surface area (Å²) in [6.45, 7) is 11.3. The molecule has 160 valence electrons. The Bertz CT molecular complexity index is 851. The molecule has 5 nitrogen and oxygen atoms in total. The zero-order valence-corrected chi connectivity index (χ0v) is 18.2. The van der Waals surface area contributed by atoms with E-state index in [4.69, 9.17) is 9.47 Å². The highest BCUT2D eigenvalue weighted by Crippen LogP contribution is 2.21. The molecule has 0 aliphatic carbocycles. The first-order valence-corrected chi connectivity index (χ1v) is 10.2. The van der Waals surface area contributed by atoms with Gasteiger partial charge in [-0.1, -0.05) is 61.2 Å². The number of benzene rings is 2. The summed E-state index contributed by atoms with van der Waals surface area (Å²) in [5.74, 6) is -0.451. The lowest BCUT2D eigenvalue weighted by Gasteiger charge is -2.24. The summed E-state index contributed by atoms with van der Waals surface area (Å²) in [7, 11) is 0. The van der Waals surface area contributed by atoms with Crippen LogP contribution in [0.4, 0.5) is 4.79 Å². The number of alkyl carbamates (subject to hydrolysis) is 1. The normalized spacial score (nSPS) is 12.0. The highest BCUT2D eigenvalue weighted by molar-refractivity contribution is 5.87. The summed E-state index contributed by atoms with van der Waals surface area (Å²) in [4.78, 5) is 24.3. The minimum absolute atomic E-state index is 0.276. The third-order valence-corrected chi connectivity index (χ3v) is 4.32. The maximum Gasteiger partial charge on any atom is 0.407 e. The van der Waals surface area contributed by atoms with Crippen molar-refractivity contribution in [2.24, 2.45) is 0 Å². The number of amides is 1.